The SMILES string of the molecule is CCC(CCN)N1CCCC(C(C)C)CC1. The predicted molar refractivity (Wildman–Crippen MR) is 71.5 cm³/mol. The first-order chi connectivity index (χ1) is 7.69. The van der Waals surface area contributed by atoms with Crippen molar-refractivity contribution in [1.82, 2.24) is 4.90 Å². The van der Waals surface area contributed by atoms with E-state index in [-0.39, 0.29) is 0 Å². The molecule has 1 rings (SSSR count). The summed E-state index contributed by atoms with van der Waals surface area (Å²) in [6.07, 6.45) is 6.61. The van der Waals surface area contributed by atoms with Crippen LogP contribution >= 0.6 is 0 Å². The van der Waals surface area contributed by atoms with Crippen molar-refractivity contribution in [3.05, 3.63) is 0 Å². The third-order valence-electron chi connectivity index (χ3n) is 4.24. The molecule has 96 valence electrons. The van der Waals surface area contributed by atoms with Crippen LogP contribution in [-0.2, 0) is 0 Å². The highest BCUT2D eigenvalue weighted by atomic mass is 15.2. The van der Waals surface area contributed by atoms with Crippen LogP contribution in [0.25, 0.3) is 0 Å². The molecular formula is C14H30N2. The van der Waals surface area contributed by atoms with Crippen molar-refractivity contribution in [2.24, 2.45) is 17.6 Å². The zero-order valence-electron chi connectivity index (χ0n) is 11.4. The van der Waals surface area contributed by atoms with Crippen LogP contribution in [0.5, 0.6) is 0 Å². The smallest absolute Gasteiger partial charge is 0.0105 e. The molecule has 0 aromatic rings. The molecule has 0 aromatic carbocycles. The van der Waals surface area contributed by atoms with Crippen LogP contribution in [0.1, 0.15) is 52.9 Å². The van der Waals surface area contributed by atoms with E-state index in [4.69, 9.17) is 5.73 Å². The highest BCUT2D eigenvalue weighted by molar-refractivity contribution is 4.77. The van der Waals surface area contributed by atoms with Gasteiger partial charge in [0.25, 0.3) is 0 Å². The molecule has 16 heavy (non-hydrogen) atoms. The lowest BCUT2D eigenvalue weighted by atomic mass is 9.89. The van der Waals surface area contributed by atoms with E-state index in [0.29, 0.717) is 0 Å². The first-order valence-corrected chi connectivity index (χ1v) is 7.13. The summed E-state index contributed by atoms with van der Waals surface area (Å²) >= 11 is 0. The van der Waals surface area contributed by atoms with E-state index in [1.165, 1.54) is 45.2 Å². The lowest BCUT2D eigenvalue weighted by molar-refractivity contribution is 0.185. The van der Waals surface area contributed by atoms with Gasteiger partial charge in [0.05, 0.1) is 0 Å². The van der Waals surface area contributed by atoms with Crippen molar-refractivity contribution in [1.29, 1.82) is 0 Å². The second-order valence-electron chi connectivity index (χ2n) is 5.61. The first kappa shape index (κ1) is 14.0. The summed E-state index contributed by atoms with van der Waals surface area (Å²) in [7, 11) is 0. The number of nitrogens with zero attached hydrogens (tertiary/aromatic N) is 1. The number of hydrogen-bond acceptors (Lipinski definition) is 2. The summed E-state index contributed by atoms with van der Waals surface area (Å²) in [6, 6.07) is 0.732. The molecule has 0 radical (unpaired) electrons. The van der Waals surface area contributed by atoms with Gasteiger partial charge in [-0.25, -0.2) is 0 Å². The Kier molecular flexibility index (Phi) is 6.37. The van der Waals surface area contributed by atoms with Crippen LogP contribution in [0, 0.1) is 11.8 Å². The topological polar surface area (TPSA) is 29.3 Å². The Bertz CT molecular complexity index is 180. The van der Waals surface area contributed by atoms with Gasteiger partial charge in [-0.15, -0.1) is 0 Å². The maximum Gasteiger partial charge on any atom is 0.0105 e. The quantitative estimate of drug-likeness (QED) is 0.781. The van der Waals surface area contributed by atoms with E-state index in [1.54, 1.807) is 0 Å². The van der Waals surface area contributed by atoms with Crippen LogP contribution in [0.4, 0.5) is 0 Å². The summed E-state index contributed by atoms with van der Waals surface area (Å²) in [5, 5.41) is 0. The van der Waals surface area contributed by atoms with Crippen molar-refractivity contribution in [3.8, 4) is 0 Å². The Labute approximate surface area is 102 Å². The normalized spacial score (nSPS) is 25.7. The van der Waals surface area contributed by atoms with Gasteiger partial charge in [-0.05, 0) is 63.6 Å². The van der Waals surface area contributed by atoms with E-state index in [0.717, 1.165) is 24.4 Å². The molecule has 0 spiro atoms. The Morgan fingerprint density at radius 2 is 2.00 bits per heavy atom. The van der Waals surface area contributed by atoms with Gasteiger partial charge in [0.15, 0.2) is 0 Å². The molecule has 2 nitrogen and oxygen atoms in total. The summed E-state index contributed by atoms with van der Waals surface area (Å²) in [4.78, 5) is 2.69. The van der Waals surface area contributed by atoms with Crippen LogP contribution in [0.2, 0.25) is 0 Å². The Hall–Kier alpha value is -0.0800. The van der Waals surface area contributed by atoms with Crippen molar-refractivity contribution >= 4 is 0 Å². The standard InChI is InChI=1S/C14H30N2/c1-4-14(7-9-15)16-10-5-6-13(8-11-16)12(2)3/h12-14H,4-11,15H2,1-3H3. The number of hydrogen-bond donors (Lipinski definition) is 1. The molecule has 2 atom stereocenters. The predicted octanol–water partition coefficient (Wildman–Crippen LogP) is 2.87. The van der Waals surface area contributed by atoms with E-state index >= 15 is 0 Å². The van der Waals surface area contributed by atoms with Gasteiger partial charge in [0, 0.05) is 6.04 Å². The fourth-order valence-electron chi connectivity index (χ4n) is 3.01. The maximum atomic E-state index is 5.70. The second-order valence-corrected chi connectivity index (χ2v) is 5.61. The molecule has 0 bridgehead atoms. The first-order valence-electron chi connectivity index (χ1n) is 7.13. The molecule has 2 unspecified atom stereocenters. The van der Waals surface area contributed by atoms with Crippen molar-refractivity contribution in [3.63, 3.8) is 0 Å². The van der Waals surface area contributed by atoms with Crippen LogP contribution < -0.4 is 5.73 Å². The third kappa shape index (κ3) is 4.06. The minimum atomic E-state index is 0.732. The Morgan fingerprint density at radius 1 is 1.25 bits per heavy atom. The molecule has 1 heterocycles. The van der Waals surface area contributed by atoms with Crippen LogP contribution in [0.3, 0.4) is 0 Å². The average Bonchev–Trinajstić information content (AvgIpc) is 2.51. The lowest BCUT2D eigenvalue weighted by Gasteiger charge is -2.29. The molecule has 1 fully saturated rings. The van der Waals surface area contributed by atoms with Crippen molar-refractivity contribution in [2.45, 2.75) is 58.9 Å². The van der Waals surface area contributed by atoms with Crippen LogP contribution in [-0.4, -0.2) is 30.6 Å². The molecular weight excluding hydrogens is 196 g/mol. The fraction of sp³-hybridized carbons (Fsp3) is 1.00. The number of likely N-dealkylation sites (tertiary alicyclic amines) is 1. The average molecular weight is 226 g/mol. The van der Waals surface area contributed by atoms with Gasteiger partial charge in [-0.1, -0.05) is 20.8 Å². The molecule has 1 aliphatic heterocycles. The van der Waals surface area contributed by atoms with E-state index in [1.807, 2.05) is 0 Å². The number of rotatable bonds is 5. The molecule has 0 saturated carbocycles. The summed E-state index contributed by atoms with van der Waals surface area (Å²) in [5.74, 6) is 1.80. The molecule has 2 N–H and O–H groups in total. The third-order valence-corrected chi connectivity index (χ3v) is 4.24. The molecule has 1 saturated heterocycles. The molecule has 2 heteroatoms. The van der Waals surface area contributed by atoms with Gasteiger partial charge in [0.2, 0.25) is 0 Å². The summed E-state index contributed by atoms with van der Waals surface area (Å²) < 4.78 is 0. The minimum Gasteiger partial charge on any atom is -0.330 e. The second kappa shape index (κ2) is 7.29. The largest absolute Gasteiger partial charge is 0.330 e. The van der Waals surface area contributed by atoms with Gasteiger partial charge in [0.1, 0.15) is 0 Å². The Morgan fingerprint density at radius 3 is 2.56 bits per heavy atom. The molecule has 0 amide bonds. The molecule has 1 aliphatic rings. The summed E-state index contributed by atoms with van der Waals surface area (Å²) in [6.45, 7) is 10.5. The van der Waals surface area contributed by atoms with E-state index < -0.39 is 0 Å². The maximum absolute atomic E-state index is 5.70. The summed E-state index contributed by atoms with van der Waals surface area (Å²) in [5.41, 5.74) is 5.70. The monoisotopic (exact) mass is 226 g/mol. The van der Waals surface area contributed by atoms with Gasteiger partial charge in [-0.3, -0.25) is 0 Å². The zero-order valence-corrected chi connectivity index (χ0v) is 11.4. The van der Waals surface area contributed by atoms with Crippen molar-refractivity contribution in [2.75, 3.05) is 19.6 Å². The van der Waals surface area contributed by atoms with Crippen molar-refractivity contribution < 1.29 is 0 Å². The minimum absolute atomic E-state index is 0.732. The van der Waals surface area contributed by atoms with E-state index in [9.17, 15) is 0 Å². The highest BCUT2D eigenvalue weighted by Gasteiger charge is 2.22. The zero-order chi connectivity index (χ0) is 12.0. The molecule has 0 aliphatic carbocycles. The highest BCUT2D eigenvalue weighted by Crippen LogP contribution is 2.26. The number of nitrogens with two attached hydrogens (primary N) is 1. The van der Waals surface area contributed by atoms with Crippen LogP contribution in [0.15, 0.2) is 0 Å². The van der Waals surface area contributed by atoms with Gasteiger partial charge < -0.3 is 10.6 Å². The fourth-order valence-corrected chi connectivity index (χ4v) is 3.01. The molecule has 0 aromatic heterocycles. The Balaban J connectivity index is 2.44. The van der Waals surface area contributed by atoms with E-state index in [2.05, 4.69) is 25.7 Å². The van der Waals surface area contributed by atoms with Gasteiger partial charge in [-0.2, -0.15) is 0 Å². The van der Waals surface area contributed by atoms with Gasteiger partial charge >= 0.3 is 0 Å². The lowest BCUT2D eigenvalue weighted by Crippen LogP contribution is -2.37.